The molecule has 0 bridgehead atoms. The molecule has 2 aromatic rings. The van der Waals surface area contributed by atoms with E-state index >= 15 is 0 Å². The Morgan fingerprint density at radius 3 is 2.55 bits per heavy atom. The summed E-state index contributed by atoms with van der Waals surface area (Å²) < 4.78 is 1.73. The Morgan fingerprint density at radius 1 is 1.10 bits per heavy atom. The fourth-order valence-electron chi connectivity index (χ4n) is 5.35. The predicted molar refractivity (Wildman–Crippen MR) is 126 cm³/mol. The average molecular weight is 424 g/mol. The molecule has 2 fully saturated rings. The van der Waals surface area contributed by atoms with Crippen LogP contribution in [-0.2, 0) is 18.4 Å². The molecule has 1 amide bonds. The summed E-state index contributed by atoms with van der Waals surface area (Å²) in [5.74, 6) is 0.371. The second kappa shape index (κ2) is 9.99. The normalized spacial score (nSPS) is 19.0. The molecule has 2 heterocycles. The third-order valence-corrected chi connectivity index (χ3v) is 7.38. The molecular weight excluding hydrogens is 386 g/mol. The number of carbonyl (C=O) groups excluding carboxylic acids is 1. The van der Waals surface area contributed by atoms with Crippen molar-refractivity contribution < 1.29 is 4.79 Å². The Morgan fingerprint density at radius 2 is 1.81 bits per heavy atom. The number of carbonyl (C=O) groups is 1. The monoisotopic (exact) mass is 423 g/mol. The molecule has 0 N–H and O–H groups in total. The number of benzene rings is 1. The SMILES string of the molecule is CC(CCN1CCCC1)N(Cc1cc2ccccc2n(C)c1=O)C(=O)C1CCCCC1. The van der Waals surface area contributed by atoms with Crippen LogP contribution < -0.4 is 5.56 Å². The number of para-hydroxylation sites is 1. The van der Waals surface area contributed by atoms with Crippen LogP contribution in [0.25, 0.3) is 10.9 Å². The Kier molecular flexibility index (Phi) is 7.11. The fourth-order valence-corrected chi connectivity index (χ4v) is 5.35. The van der Waals surface area contributed by atoms with Crippen LogP contribution >= 0.6 is 0 Å². The molecule has 1 unspecified atom stereocenters. The van der Waals surface area contributed by atoms with Crippen LogP contribution in [0.4, 0.5) is 0 Å². The minimum absolute atomic E-state index is 0.00638. The van der Waals surface area contributed by atoms with E-state index in [4.69, 9.17) is 0 Å². The van der Waals surface area contributed by atoms with E-state index in [1.807, 2.05) is 42.3 Å². The third kappa shape index (κ3) is 5.03. The number of rotatable bonds is 7. The van der Waals surface area contributed by atoms with Crippen molar-refractivity contribution in [2.45, 2.75) is 70.9 Å². The Hall–Kier alpha value is -2.14. The van der Waals surface area contributed by atoms with Gasteiger partial charge in [0, 0.05) is 31.1 Å². The van der Waals surface area contributed by atoms with E-state index in [0.29, 0.717) is 6.54 Å². The van der Waals surface area contributed by atoms with Gasteiger partial charge in [-0.05, 0) is 69.6 Å². The van der Waals surface area contributed by atoms with E-state index < -0.39 is 0 Å². The minimum atomic E-state index is 0.00638. The van der Waals surface area contributed by atoms with Crippen molar-refractivity contribution in [2.24, 2.45) is 13.0 Å². The fraction of sp³-hybridized carbons (Fsp3) is 0.615. The van der Waals surface area contributed by atoms with Gasteiger partial charge in [0.1, 0.15) is 0 Å². The highest BCUT2D eigenvalue weighted by Crippen LogP contribution is 2.27. The summed E-state index contributed by atoms with van der Waals surface area (Å²) in [6.45, 7) is 5.96. The molecule has 1 aliphatic carbocycles. The lowest BCUT2D eigenvalue weighted by molar-refractivity contribution is -0.139. The highest BCUT2D eigenvalue weighted by Gasteiger charge is 2.30. The van der Waals surface area contributed by atoms with Gasteiger partial charge in [-0.2, -0.15) is 0 Å². The molecule has 0 spiro atoms. The zero-order valence-corrected chi connectivity index (χ0v) is 19.2. The molecule has 5 nitrogen and oxygen atoms in total. The number of fused-ring (bicyclic) bond motifs is 1. The standard InChI is InChI=1S/C26H37N3O2/c1-20(14-17-28-15-8-9-16-28)29(26(31)21-10-4-3-5-11-21)19-23-18-22-12-6-7-13-24(22)27(2)25(23)30/h6-7,12-13,18,20-21H,3-5,8-11,14-17,19H2,1-2H3. The number of aryl methyl sites for hydroxylation is 1. The second-order valence-electron chi connectivity index (χ2n) is 9.58. The maximum atomic E-state index is 13.6. The number of likely N-dealkylation sites (tertiary alicyclic amines) is 1. The summed E-state index contributed by atoms with van der Waals surface area (Å²) >= 11 is 0. The van der Waals surface area contributed by atoms with Crippen LogP contribution in [0.1, 0.15) is 63.9 Å². The summed E-state index contributed by atoms with van der Waals surface area (Å²) in [7, 11) is 1.83. The van der Waals surface area contributed by atoms with Crippen molar-refractivity contribution in [3.8, 4) is 0 Å². The molecule has 2 aliphatic rings. The van der Waals surface area contributed by atoms with Crippen molar-refractivity contribution in [2.75, 3.05) is 19.6 Å². The molecule has 168 valence electrons. The number of pyridine rings is 1. The third-order valence-electron chi connectivity index (χ3n) is 7.38. The second-order valence-corrected chi connectivity index (χ2v) is 9.58. The summed E-state index contributed by atoms with van der Waals surface area (Å²) in [4.78, 5) is 31.3. The largest absolute Gasteiger partial charge is 0.335 e. The molecule has 4 rings (SSSR count). The Balaban J connectivity index is 1.58. The molecule has 1 saturated carbocycles. The first-order valence-corrected chi connectivity index (χ1v) is 12.1. The summed E-state index contributed by atoms with van der Waals surface area (Å²) in [6, 6.07) is 10.1. The van der Waals surface area contributed by atoms with E-state index in [0.717, 1.165) is 55.1 Å². The molecule has 1 atom stereocenters. The quantitative estimate of drug-likeness (QED) is 0.666. The molecular formula is C26H37N3O2. The Bertz CT molecular complexity index is 955. The van der Waals surface area contributed by atoms with Crippen LogP contribution in [0.3, 0.4) is 0 Å². The molecule has 5 heteroatoms. The molecule has 1 aromatic heterocycles. The molecule has 1 saturated heterocycles. The first-order valence-electron chi connectivity index (χ1n) is 12.1. The number of hydrogen-bond acceptors (Lipinski definition) is 3. The van der Waals surface area contributed by atoms with Crippen LogP contribution in [-0.4, -0.2) is 46.0 Å². The van der Waals surface area contributed by atoms with Crippen LogP contribution in [0.2, 0.25) is 0 Å². The first-order chi connectivity index (χ1) is 15.0. The van der Waals surface area contributed by atoms with Gasteiger partial charge in [0.15, 0.2) is 0 Å². The van der Waals surface area contributed by atoms with Gasteiger partial charge in [0.25, 0.3) is 5.56 Å². The highest BCUT2D eigenvalue weighted by atomic mass is 16.2. The number of hydrogen-bond donors (Lipinski definition) is 0. The number of amides is 1. The predicted octanol–water partition coefficient (Wildman–Crippen LogP) is 4.32. The van der Waals surface area contributed by atoms with E-state index in [-0.39, 0.29) is 23.4 Å². The van der Waals surface area contributed by atoms with E-state index in [1.54, 1.807) is 4.57 Å². The van der Waals surface area contributed by atoms with Crippen molar-refractivity contribution >= 4 is 16.8 Å². The molecule has 31 heavy (non-hydrogen) atoms. The average Bonchev–Trinajstić information content (AvgIpc) is 3.33. The smallest absolute Gasteiger partial charge is 0.255 e. The van der Waals surface area contributed by atoms with E-state index in [2.05, 4.69) is 11.8 Å². The van der Waals surface area contributed by atoms with E-state index in [9.17, 15) is 9.59 Å². The molecule has 1 aliphatic heterocycles. The van der Waals surface area contributed by atoms with Crippen molar-refractivity contribution in [1.29, 1.82) is 0 Å². The van der Waals surface area contributed by atoms with Gasteiger partial charge in [-0.1, -0.05) is 37.5 Å². The number of aromatic nitrogens is 1. The van der Waals surface area contributed by atoms with Gasteiger partial charge < -0.3 is 14.4 Å². The van der Waals surface area contributed by atoms with Crippen molar-refractivity contribution in [1.82, 2.24) is 14.4 Å². The summed E-state index contributed by atoms with van der Waals surface area (Å²) in [5.41, 5.74) is 1.66. The van der Waals surface area contributed by atoms with Gasteiger partial charge in [0.2, 0.25) is 5.91 Å². The van der Waals surface area contributed by atoms with E-state index in [1.165, 1.54) is 32.4 Å². The van der Waals surface area contributed by atoms with Gasteiger partial charge in [0.05, 0.1) is 12.1 Å². The van der Waals surface area contributed by atoms with Crippen LogP contribution in [0, 0.1) is 5.92 Å². The van der Waals surface area contributed by atoms with Gasteiger partial charge in [-0.15, -0.1) is 0 Å². The number of nitrogens with zero attached hydrogens (tertiary/aromatic N) is 3. The van der Waals surface area contributed by atoms with Gasteiger partial charge in [-0.3, -0.25) is 9.59 Å². The van der Waals surface area contributed by atoms with Crippen LogP contribution in [0.15, 0.2) is 35.1 Å². The lowest BCUT2D eigenvalue weighted by Gasteiger charge is -2.34. The zero-order valence-electron chi connectivity index (χ0n) is 19.2. The van der Waals surface area contributed by atoms with Gasteiger partial charge in [-0.25, -0.2) is 0 Å². The summed E-state index contributed by atoms with van der Waals surface area (Å²) in [6.07, 6.45) is 9.03. The Labute approximate surface area is 186 Å². The molecule has 1 aromatic carbocycles. The minimum Gasteiger partial charge on any atom is -0.335 e. The van der Waals surface area contributed by atoms with Gasteiger partial charge >= 0.3 is 0 Å². The lowest BCUT2D eigenvalue weighted by atomic mass is 9.87. The topological polar surface area (TPSA) is 45.5 Å². The zero-order chi connectivity index (χ0) is 21.8. The lowest BCUT2D eigenvalue weighted by Crippen LogP contribution is -2.44. The van der Waals surface area contributed by atoms with Crippen molar-refractivity contribution in [3.63, 3.8) is 0 Å². The van der Waals surface area contributed by atoms with Crippen molar-refractivity contribution in [3.05, 3.63) is 46.2 Å². The molecule has 0 radical (unpaired) electrons. The first kappa shape index (κ1) is 22.1. The highest BCUT2D eigenvalue weighted by molar-refractivity contribution is 5.81. The summed E-state index contributed by atoms with van der Waals surface area (Å²) in [5, 5.41) is 1.05. The van der Waals surface area contributed by atoms with Crippen LogP contribution in [0.5, 0.6) is 0 Å². The maximum Gasteiger partial charge on any atom is 0.255 e. The maximum absolute atomic E-state index is 13.6.